The molecule has 0 aromatic rings. The summed E-state index contributed by atoms with van der Waals surface area (Å²) in [5.74, 6) is 1.50. The first-order valence-electron chi connectivity index (χ1n) is 10.5. The van der Waals surface area contributed by atoms with Gasteiger partial charge in [-0.25, -0.2) is 4.18 Å². The lowest BCUT2D eigenvalue weighted by Crippen LogP contribution is -2.58. The van der Waals surface area contributed by atoms with Crippen LogP contribution in [0.15, 0.2) is 11.6 Å². The van der Waals surface area contributed by atoms with Crippen LogP contribution in [0.2, 0.25) is 0 Å². The van der Waals surface area contributed by atoms with E-state index in [1.54, 1.807) is 6.92 Å². The second-order valence-electron chi connectivity index (χ2n) is 10.1. The van der Waals surface area contributed by atoms with Crippen molar-refractivity contribution in [2.75, 3.05) is 0 Å². The maximum atomic E-state index is 11.9. The van der Waals surface area contributed by atoms with Gasteiger partial charge in [0.05, 0.1) is 5.60 Å². The standard InChI is InChI=1S/C21H32O6S/c1-13(27-28(24,25)26)21(23)11-8-18-16-5-4-14-12-15(22)6-9-19(14,2)17(16)7-10-20(18,21)3/h12-13,16-18,23H,4-11H2,1-3H3,(H,24,25,26)/t13-,16+,17+,18-,19+,20+,21+/m1/s1. The normalized spacial score (nSPS) is 47.0. The first-order chi connectivity index (χ1) is 12.9. The highest BCUT2D eigenvalue weighted by molar-refractivity contribution is 7.80. The zero-order valence-corrected chi connectivity index (χ0v) is 17.8. The number of carbonyl (C=O) groups is 1. The van der Waals surface area contributed by atoms with Crippen LogP contribution >= 0.6 is 0 Å². The van der Waals surface area contributed by atoms with Gasteiger partial charge in [0.25, 0.3) is 0 Å². The molecule has 0 aromatic carbocycles. The molecule has 3 saturated carbocycles. The summed E-state index contributed by atoms with van der Waals surface area (Å²) in [7, 11) is -4.62. The van der Waals surface area contributed by atoms with E-state index in [0.29, 0.717) is 30.6 Å². The van der Waals surface area contributed by atoms with Gasteiger partial charge in [-0.1, -0.05) is 19.4 Å². The number of fused-ring (bicyclic) bond motifs is 5. The van der Waals surface area contributed by atoms with Gasteiger partial charge in [0.15, 0.2) is 5.78 Å². The van der Waals surface area contributed by atoms with Crippen LogP contribution in [0.4, 0.5) is 0 Å². The quantitative estimate of drug-likeness (QED) is 0.689. The summed E-state index contributed by atoms with van der Waals surface area (Å²) in [6.45, 7) is 5.93. The highest BCUT2D eigenvalue weighted by Gasteiger charge is 2.65. The molecule has 6 nitrogen and oxygen atoms in total. The Balaban J connectivity index is 1.64. The van der Waals surface area contributed by atoms with Gasteiger partial charge in [0, 0.05) is 11.8 Å². The van der Waals surface area contributed by atoms with Crippen molar-refractivity contribution in [1.82, 2.24) is 0 Å². The Labute approximate surface area is 167 Å². The molecule has 4 aliphatic rings. The molecule has 158 valence electrons. The van der Waals surface area contributed by atoms with E-state index < -0.39 is 27.5 Å². The molecule has 4 aliphatic carbocycles. The van der Waals surface area contributed by atoms with Crippen LogP contribution in [0.25, 0.3) is 0 Å². The summed E-state index contributed by atoms with van der Waals surface area (Å²) < 4.78 is 36.4. The summed E-state index contributed by atoms with van der Waals surface area (Å²) in [5, 5.41) is 11.5. The maximum absolute atomic E-state index is 11.9. The first kappa shape index (κ1) is 20.5. The van der Waals surface area contributed by atoms with Gasteiger partial charge in [0.2, 0.25) is 0 Å². The van der Waals surface area contributed by atoms with Crippen LogP contribution in [0, 0.1) is 28.6 Å². The Bertz CT molecular complexity index is 819. The number of hydrogen-bond acceptors (Lipinski definition) is 5. The topological polar surface area (TPSA) is 101 Å². The Hall–Kier alpha value is -0.760. The van der Waals surface area contributed by atoms with Gasteiger partial charge in [-0.05, 0) is 81.1 Å². The zero-order chi connectivity index (χ0) is 20.5. The SMILES string of the molecule is C[C@@H](OS(=O)(=O)O)[C@@]1(O)CC[C@@H]2[C@H]3CCC4=CC(=O)CC[C@]4(C)[C@H]3CC[C@@]21C. The lowest BCUT2D eigenvalue weighted by Gasteiger charge is -2.59. The summed E-state index contributed by atoms with van der Waals surface area (Å²) >= 11 is 0. The molecule has 0 aliphatic heterocycles. The number of aliphatic hydroxyl groups is 1. The van der Waals surface area contributed by atoms with Gasteiger partial charge >= 0.3 is 10.4 Å². The second-order valence-corrected chi connectivity index (χ2v) is 11.1. The predicted molar refractivity (Wildman–Crippen MR) is 104 cm³/mol. The van der Waals surface area contributed by atoms with Crippen molar-refractivity contribution >= 4 is 16.2 Å². The Morgan fingerprint density at radius 2 is 1.79 bits per heavy atom. The third-order valence-electron chi connectivity index (χ3n) is 9.12. The Kier molecular flexibility index (Phi) is 4.66. The summed E-state index contributed by atoms with van der Waals surface area (Å²) in [6, 6.07) is 0. The largest absolute Gasteiger partial charge is 0.397 e. The molecule has 0 spiro atoms. The average molecular weight is 413 g/mol. The van der Waals surface area contributed by atoms with Crippen molar-refractivity contribution in [2.24, 2.45) is 28.6 Å². The van der Waals surface area contributed by atoms with Gasteiger partial charge in [0.1, 0.15) is 6.10 Å². The highest BCUT2D eigenvalue weighted by Crippen LogP contribution is 2.68. The molecule has 2 N–H and O–H groups in total. The van der Waals surface area contributed by atoms with Gasteiger partial charge in [-0.3, -0.25) is 9.35 Å². The maximum Gasteiger partial charge on any atom is 0.397 e. The minimum absolute atomic E-state index is 0.0649. The van der Waals surface area contributed by atoms with E-state index in [1.807, 2.05) is 6.08 Å². The van der Waals surface area contributed by atoms with Gasteiger partial charge < -0.3 is 5.11 Å². The molecule has 7 heteroatoms. The Morgan fingerprint density at radius 3 is 2.46 bits per heavy atom. The van der Waals surface area contributed by atoms with Crippen molar-refractivity contribution in [3.63, 3.8) is 0 Å². The van der Waals surface area contributed by atoms with Crippen molar-refractivity contribution in [3.05, 3.63) is 11.6 Å². The highest BCUT2D eigenvalue weighted by atomic mass is 32.3. The minimum atomic E-state index is -4.62. The van der Waals surface area contributed by atoms with E-state index in [1.165, 1.54) is 5.57 Å². The van der Waals surface area contributed by atoms with Crippen LogP contribution in [0.5, 0.6) is 0 Å². The van der Waals surface area contributed by atoms with Gasteiger partial charge in [-0.2, -0.15) is 8.42 Å². The molecular formula is C21H32O6S. The molecular weight excluding hydrogens is 380 g/mol. The first-order valence-corrected chi connectivity index (χ1v) is 11.9. The smallest absolute Gasteiger partial charge is 0.387 e. The third kappa shape index (κ3) is 2.84. The molecule has 0 amide bonds. The molecule has 0 bridgehead atoms. The van der Waals surface area contributed by atoms with E-state index in [2.05, 4.69) is 13.8 Å². The van der Waals surface area contributed by atoms with Gasteiger partial charge in [-0.15, -0.1) is 0 Å². The number of ketones is 1. The van der Waals surface area contributed by atoms with Crippen LogP contribution in [-0.4, -0.2) is 35.6 Å². The summed E-state index contributed by atoms with van der Waals surface area (Å²) in [6.07, 6.45) is 7.45. The monoisotopic (exact) mass is 412 g/mol. The Morgan fingerprint density at radius 1 is 1.11 bits per heavy atom. The molecule has 28 heavy (non-hydrogen) atoms. The van der Waals surface area contributed by atoms with E-state index >= 15 is 0 Å². The van der Waals surface area contributed by atoms with Crippen molar-refractivity contribution in [3.8, 4) is 0 Å². The molecule has 7 atom stereocenters. The van der Waals surface area contributed by atoms with Crippen LogP contribution in [-0.2, 0) is 19.4 Å². The van der Waals surface area contributed by atoms with E-state index in [-0.39, 0.29) is 11.2 Å². The summed E-state index contributed by atoms with van der Waals surface area (Å²) in [4.78, 5) is 11.9. The van der Waals surface area contributed by atoms with E-state index in [9.17, 15) is 18.3 Å². The molecule has 0 unspecified atom stereocenters. The van der Waals surface area contributed by atoms with Crippen molar-refractivity contribution < 1.29 is 27.1 Å². The minimum Gasteiger partial charge on any atom is -0.387 e. The fraction of sp³-hybridized carbons (Fsp3) is 0.857. The fourth-order valence-electron chi connectivity index (χ4n) is 7.54. The number of rotatable bonds is 3. The number of carbonyl (C=O) groups excluding carboxylic acids is 1. The molecule has 0 radical (unpaired) electrons. The van der Waals surface area contributed by atoms with Crippen molar-refractivity contribution in [1.29, 1.82) is 0 Å². The molecule has 0 heterocycles. The lowest BCUT2D eigenvalue weighted by atomic mass is 9.46. The lowest BCUT2D eigenvalue weighted by molar-refractivity contribution is -0.166. The molecule has 0 saturated heterocycles. The molecule has 3 fully saturated rings. The predicted octanol–water partition coefficient (Wildman–Crippen LogP) is 3.46. The molecule has 4 rings (SSSR count). The number of allylic oxidation sites excluding steroid dienone is 1. The van der Waals surface area contributed by atoms with E-state index in [4.69, 9.17) is 8.74 Å². The molecule has 0 aromatic heterocycles. The van der Waals surface area contributed by atoms with Crippen LogP contribution in [0.1, 0.15) is 72.1 Å². The van der Waals surface area contributed by atoms with Crippen LogP contribution in [0.3, 0.4) is 0 Å². The average Bonchev–Trinajstić information content (AvgIpc) is 2.87. The summed E-state index contributed by atoms with van der Waals surface area (Å²) in [5.41, 5.74) is -0.349. The zero-order valence-electron chi connectivity index (χ0n) is 17.0. The third-order valence-corrected chi connectivity index (χ3v) is 9.65. The van der Waals surface area contributed by atoms with E-state index in [0.717, 1.165) is 38.5 Å². The number of hydrogen-bond donors (Lipinski definition) is 2. The van der Waals surface area contributed by atoms with Crippen LogP contribution < -0.4 is 0 Å². The fourth-order valence-corrected chi connectivity index (χ4v) is 8.06. The second kappa shape index (κ2) is 6.37. The van der Waals surface area contributed by atoms with Crippen molar-refractivity contribution in [2.45, 2.75) is 83.8 Å².